The minimum atomic E-state index is -0.488. The van der Waals surface area contributed by atoms with Gasteiger partial charge in [-0.25, -0.2) is 4.39 Å². The molecule has 3 nitrogen and oxygen atoms in total. The van der Waals surface area contributed by atoms with E-state index in [1.165, 1.54) is 12.1 Å². The van der Waals surface area contributed by atoms with Crippen molar-refractivity contribution >= 4 is 79.0 Å². The van der Waals surface area contributed by atoms with Crippen LogP contribution in [0.4, 0.5) is 10.1 Å². The third-order valence-electron chi connectivity index (χ3n) is 2.58. The summed E-state index contributed by atoms with van der Waals surface area (Å²) in [6.45, 7) is 0. The minimum Gasteiger partial charge on any atom is -0.330 e. The molecule has 1 amide bonds. The van der Waals surface area contributed by atoms with E-state index in [0.717, 1.165) is 3.57 Å². The van der Waals surface area contributed by atoms with Crippen molar-refractivity contribution in [3.63, 3.8) is 0 Å². The highest BCUT2D eigenvalue weighted by molar-refractivity contribution is 14.1. The Bertz CT molecular complexity index is 760. The number of carbonyl (C=O) groups is 1. The molecule has 8 heteroatoms. The average molecular weight is 514 g/mol. The second-order valence-corrected chi connectivity index (χ2v) is 7.13. The van der Waals surface area contributed by atoms with E-state index < -0.39 is 11.7 Å². The summed E-state index contributed by atoms with van der Waals surface area (Å²) >= 11 is 16.2. The van der Waals surface area contributed by atoms with Gasteiger partial charge in [0.25, 0.3) is 5.91 Å². The average Bonchev–Trinajstić information content (AvgIpc) is 2.44. The van der Waals surface area contributed by atoms with E-state index in [1.54, 1.807) is 24.3 Å². The summed E-state index contributed by atoms with van der Waals surface area (Å²) in [5, 5.41) is 5.40. The molecule has 0 heterocycles. The van der Waals surface area contributed by atoms with E-state index in [0.29, 0.717) is 15.1 Å². The number of nitrogens with one attached hydrogen (secondary N) is 2. The van der Waals surface area contributed by atoms with Crippen molar-refractivity contribution in [2.45, 2.75) is 0 Å². The van der Waals surface area contributed by atoms with Gasteiger partial charge in [-0.15, -0.1) is 0 Å². The maximum Gasteiger partial charge on any atom is 0.258 e. The largest absolute Gasteiger partial charge is 0.330 e. The van der Waals surface area contributed by atoms with E-state index in [1.807, 2.05) is 0 Å². The zero-order valence-corrected chi connectivity index (χ0v) is 16.1. The summed E-state index contributed by atoms with van der Waals surface area (Å²) in [6.07, 6.45) is 0. The van der Waals surface area contributed by atoms with E-state index in [-0.39, 0.29) is 10.8 Å². The Morgan fingerprint density at radius 2 is 2.00 bits per heavy atom. The molecule has 0 saturated heterocycles. The molecule has 2 aromatic rings. The highest BCUT2D eigenvalue weighted by Gasteiger charge is 2.13. The second kappa shape index (κ2) is 7.67. The van der Waals surface area contributed by atoms with Crippen LogP contribution in [0.5, 0.6) is 0 Å². The van der Waals surface area contributed by atoms with Crippen molar-refractivity contribution in [2.75, 3.05) is 5.32 Å². The topological polar surface area (TPSA) is 41.1 Å². The molecule has 0 aliphatic rings. The van der Waals surface area contributed by atoms with Gasteiger partial charge in [0, 0.05) is 8.04 Å². The molecule has 0 atom stereocenters. The van der Waals surface area contributed by atoms with Crippen LogP contribution in [0, 0.1) is 9.39 Å². The van der Waals surface area contributed by atoms with Gasteiger partial charge < -0.3 is 5.32 Å². The molecular formula is C14H8BrClFIN2OS. The lowest BCUT2D eigenvalue weighted by Crippen LogP contribution is -2.34. The molecule has 0 radical (unpaired) electrons. The molecule has 0 saturated carbocycles. The maximum absolute atomic E-state index is 13.7. The Hall–Kier alpha value is -0.770. The number of amides is 1. The van der Waals surface area contributed by atoms with Crippen LogP contribution in [-0.2, 0) is 0 Å². The first-order chi connectivity index (χ1) is 10.4. The van der Waals surface area contributed by atoms with E-state index in [2.05, 4.69) is 49.2 Å². The van der Waals surface area contributed by atoms with Crippen LogP contribution in [0.1, 0.15) is 10.4 Å². The van der Waals surface area contributed by atoms with Gasteiger partial charge in [-0.2, -0.15) is 0 Å². The summed E-state index contributed by atoms with van der Waals surface area (Å²) in [5.74, 6) is -0.947. The van der Waals surface area contributed by atoms with Crippen molar-refractivity contribution in [1.82, 2.24) is 5.32 Å². The quantitative estimate of drug-likeness (QED) is 0.440. The van der Waals surface area contributed by atoms with E-state index in [9.17, 15) is 9.18 Å². The molecule has 0 bridgehead atoms. The van der Waals surface area contributed by atoms with Gasteiger partial charge in [-0.3, -0.25) is 10.1 Å². The monoisotopic (exact) mass is 512 g/mol. The highest BCUT2D eigenvalue weighted by Crippen LogP contribution is 2.20. The molecule has 2 rings (SSSR count). The van der Waals surface area contributed by atoms with Gasteiger partial charge in [0.2, 0.25) is 0 Å². The zero-order chi connectivity index (χ0) is 16.3. The van der Waals surface area contributed by atoms with E-state index in [4.69, 9.17) is 23.8 Å². The zero-order valence-electron chi connectivity index (χ0n) is 10.8. The molecule has 0 aliphatic carbocycles. The second-order valence-electron chi connectivity index (χ2n) is 4.16. The number of rotatable bonds is 2. The lowest BCUT2D eigenvalue weighted by atomic mass is 10.2. The molecule has 0 spiro atoms. The third-order valence-corrected chi connectivity index (χ3v) is 4.28. The maximum atomic E-state index is 13.7. The van der Waals surface area contributed by atoms with Gasteiger partial charge in [0.05, 0.1) is 16.3 Å². The molecule has 0 unspecified atom stereocenters. The molecule has 2 aromatic carbocycles. The van der Waals surface area contributed by atoms with Crippen LogP contribution in [0.15, 0.2) is 40.9 Å². The number of hydrogen-bond acceptors (Lipinski definition) is 2. The van der Waals surface area contributed by atoms with Gasteiger partial charge >= 0.3 is 0 Å². The summed E-state index contributed by atoms with van der Waals surface area (Å²) < 4.78 is 15.2. The fourth-order valence-electron chi connectivity index (χ4n) is 1.59. The normalized spacial score (nSPS) is 10.2. The van der Waals surface area contributed by atoms with Crippen molar-refractivity contribution in [3.05, 3.63) is 60.8 Å². The number of anilines is 1. The predicted octanol–water partition coefficient (Wildman–Crippen LogP) is 4.97. The molecule has 2 N–H and O–H groups in total. The first-order valence-electron chi connectivity index (χ1n) is 5.89. The summed E-state index contributed by atoms with van der Waals surface area (Å²) in [7, 11) is 0. The number of carbonyl (C=O) groups excluding carboxylic acids is 1. The van der Waals surface area contributed by atoms with Crippen LogP contribution < -0.4 is 10.6 Å². The van der Waals surface area contributed by atoms with E-state index >= 15 is 0 Å². The van der Waals surface area contributed by atoms with Crippen LogP contribution in [-0.4, -0.2) is 11.0 Å². The SMILES string of the molecule is O=C(NC(=S)Nc1ccc(Br)cc1F)c1cc(I)ccc1Cl. The lowest BCUT2D eigenvalue weighted by molar-refractivity contribution is 0.0978. The first kappa shape index (κ1) is 17.6. The Morgan fingerprint density at radius 1 is 1.27 bits per heavy atom. The Balaban J connectivity index is 2.08. The lowest BCUT2D eigenvalue weighted by Gasteiger charge is -2.11. The molecule has 0 aliphatic heterocycles. The minimum absolute atomic E-state index is 0.0128. The third kappa shape index (κ3) is 4.61. The highest BCUT2D eigenvalue weighted by atomic mass is 127. The van der Waals surface area contributed by atoms with Gasteiger partial charge in [-0.05, 0) is 71.2 Å². The number of halogens is 4. The molecular weight excluding hydrogens is 505 g/mol. The first-order valence-corrected chi connectivity index (χ1v) is 8.55. The predicted molar refractivity (Wildman–Crippen MR) is 102 cm³/mol. The Kier molecular flexibility index (Phi) is 6.13. The van der Waals surface area contributed by atoms with Crippen LogP contribution in [0.3, 0.4) is 0 Å². The van der Waals surface area contributed by atoms with Crippen molar-refractivity contribution in [2.24, 2.45) is 0 Å². The molecule has 0 aromatic heterocycles. The van der Waals surface area contributed by atoms with Crippen LogP contribution >= 0.6 is 62.3 Å². The number of hydrogen-bond donors (Lipinski definition) is 2. The molecule has 22 heavy (non-hydrogen) atoms. The molecule has 114 valence electrons. The van der Waals surface area contributed by atoms with Gasteiger partial charge in [0.1, 0.15) is 5.82 Å². The number of thiocarbonyl (C=S) groups is 1. The Labute approximate surface area is 158 Å². The van der Waals surface area contributed by atoms with Gasteiger partial charge in [-0.1, -0.05) is 27.5 Å². The van der Waals surface area contributed by atoms with Crippen molar-refractivity contribution < 1.29 is 9.18 Å². The standard InChI is InChI=1S/C14H8BrClFIN2OS/c15-7-1-4-12(11(17)5-7)19-14(22)20-13(21)9-6-8(18)2-3-10(9)16/h1-6H,(H2,19,20,21,22). The number of benzene rings is 2. The fourth-order valence-corrected chi connectivity index (χ4v) is 2.82. The smallest absolute Gasteiger partial charge is 0.258 e. The van der Waals surface area contributed by atoms with Crippen LogP contribution in [0.2, 0.25) is 5.02 Å². The Morgan fingerprint density at radius 3 is 2.68 bits per heavy atom. The van der Waals surface area contributed by atoms with Crippen molar-refractivity contribution in [3.8, 4) is 0 Å². The van der Waals surface area contributed by atoms with Crippen molar-refractivity contribution in [1.29, 1.82) is 0 Å². The van der Waals surface area contributed by atoms with Gasteiger partial charge in [0.15, 0.2) is 5.11 Å². The molecule has 0 fully saturated rings. The van der Waals surface area contributed by atoms with Crippen LogP contribution in [0.25, 0.3) is 0 Å². The summed E-state index contributed by atoms with van der Waals surface area (Å²) in [6, 6.07) is 9.52. The summed E-state index contributed by atoms with van der Waals surface area (Å²) in [4.78, 5) is 12.1. The fraction of sp³-hybridized carbons (Fsp3) is 0. The summed E-state index contributed by atoms with van der Waals surface area (Å²) in [5.41, 5.74) is 0.469.